The highest BCUT2D eigenvalue weighted by Crippen LogP contribution is 2.47. The molecule has 23 heavy (non-hydrogen) atoms. The Balaban J connectivity index is 1.87. The normalized spacial score (nSPS) is 21.0. The van der Waals surface area contributed by atoms with Crippen molar-refractivity contribution in [2.75, 3.05) is 21.9 Å². The summed E-state index contributed by atoms with van der Waals surface area (Å²) < 4.78 is 38.7. The Morgan fingerprint density at radius 3 is 2.52 bits per heavy atom. The number of nitrogens with zero attached hydrogens (tertiary/aromatic N) is 1. The molecule has 1 aliphatic heterocycles. The first-order valence-electron chi connectivity index (χ1n) is 7.11. The summed E-state index contributed by atoms with van der Waals surface area (Å²) in [6.45, 7) is 0.176. The zero-order valence-electron chi connectivity index (χ0n) is 12.1. The van der Waals surface area contributed by atoms with Crippen molar-refractivity contribution < 1.29 is 27.5 Å². The van der Waals surface area contributed by atoms with E-state index in [4.69, 9.17) is 5.11 Å². The molecule has 1 amide bonds. The summed E-state index contributed by atoms with van der Waals surface area (Å²) in [4.78, 5) is 23.2. The molecule has 2 fully saturated rings. The van der Waals surface area contributed by atoms with Gasteiger partial charge in [0, 0.05) is 12.2 Å². The maximum absolute atomic E-state index is 14.0. The molecule has 9 heteroatoms. The molecule has 0 atom stereocenters. The molecule has 2 aliphatic rings. The number of hydrogen-bond acceptors (Lipinski definition) is 4. The van der Waals surface area contributed by atoms with E-state index in [0.29, 0.717) is 6.42 Å². The number of rotatable bonds is 4. The molecule has 0 bridgehead atoms. The highest BCUT2D eigenvalue weighted by atomic mass is 32.2. The zero-order valence-corrected chi connectivity index (χ0v) is 12.9. The smallest absolute Gasteiger partial charge is 0.319 e. The number of amides is 1. The van der Waals surface area contributed by atoms with Crippen molar-refractivity contribution in [1.29, 1.82) is 0 Å². The van der Waals surface area contributed by atoms with Gasteiger partial charge in [-0.2, -0.15) is 0 Å². The second kappa shape index (κ2) is 5.19. The molecule has 2 N–H and O–H groups in total. The number of benzene rings is 1. The molecule has 7 nitrogen and oxygen atoms in total. The topological polar surface area (TPSA) is 104 Å². The lowest BCUT2D eigenvalue weighted by Crippen LogP contribution is -2.31. The molecule has 1 saturated heterocycles. The van der Waals surface area contributed by atoms with Crippen molar-refractivity contribution >= 4 is 33.3 Å². The monoisotopic (exact) mass is 342 g/mol. The van der Waals surface area contributed by atoms with Crippen LogP contribution in [0.25, 0.3) is 0 Å². The van der Waals surface area contributed by atoms with E-state index in [2.05, 4.69) is 5.32 Å². The number of carbonyl (C=O) groups excluding carboxylic acids is 1. The largest absolute Gasteiger partial charge is 0.480 e. The minimum absolute atomic E-state index is 0.0504. The number of nitrogens with one attached hydrogen (secondary N) is 1. The zero-order chi connectivity index (χ0) is 16.8. The number of carboxylic acids is 1. The summed E-state index contributed by atoms with van der Waals surface area (Å²) in [5, 5.41) is 11.5. The molecular formula is C14H15FN2O5S. The van der Waals surface area contributed by atoms with E-state index < -0.39 is 33.1 Å². The molecule has 0 unspecified atom stereocenters. The van der Waals surface area contributed by atoms with Gasteiger partial charge in [0.2, 0.25) is 15.9 Å². The highest BCUT2D eigenvalue weighted by Gasteiger charge is 2.57. The predicted molar refractivity (Wildman–Crippen MR) is 80.1 cm³/mol. The maximum atomic E-state index is 14.0. The third-order valence-corrected chi connectivity index (χ3v) is 6.02. The Bertz CT molecular complexity index is 788. The number of carbonyl (C=O) groups is 2. The van der Waals surface area contributed by atoms with Gasteiger partial charge in [-0.25, -0.2) is 12.8 Å². The molecule has 1 aromatic carbocycles. The van der Waals surface area contributed by atoms with Crippen molar-refractivity contribution in [3.8, 4) is 0 Å². The van der Waals surface area contributed by atoms with E-state index in [1.807, 2.05) is 0 Å². The summed E-state index contributed by atoms with van der Waals surface area (Å²) in [5.41, 5.74) is -1.39. The summed E-state index contributed by atoms with van der Waals surface area (Å²) in [6.07, 6.45) is 0.909. The van der Waals surface area contributed by atoms with Gasteiger partial charge in [-0.1, -0.05) is 0 Å². The minimum Gasteiger partial charge on any atom is -0.480 e. The Hall–Kier alpha value is -2.16. The van der Waals surface area contributed by atoms with Gasteiger partial charge in [0.25, 0.3) is 0 Å². The van der Waals surface area contributed by atoms with Gasteiger partial charge in [-0.15, -0.1) is 0 Å². The van der Waals surface area contributed by atoms with Crippen LogP contribution in [0.3, 0.4) is 0 Å². The van der Waals surface area contributed by atoms with E-state index in [1.165, 1.54) is 12.1 Å². The third-order valence-electron chi connectivity index (χ3n) is 4.17. The van der Waals surface area contributed by atoms with E-state index in [1.54, 1.807) is 0 Å². The number of halogens is 1. The average Bonchev–Trinajstić information content (AvgIpc) is 3.21. The van der Waals surface area contributed by atoms with Gasteiger partial charge in [-0.05, 0) is 37.5 Å². The molecule has 0 spiro atoms. The molecule has 1 aromatic rings. The molecular weight excluding hydrogens is 327 g/mol. The Labute approximate surface area is 132 Å². The van der Waals surface area contributed by atoms with Crippen LogP contribution in [0.5, 0.6) is 0 Å². The molecule has 1 aliphatic carbocycles. The van der Waals surface area contributed by atoms with Gasteiger partial charge in [0.05, 0.1) is 11.4 Å². The SMILES string of the molecule is O=C(O)C1(C(=O)Nc2ccc(F)c(N3CCCS3(=O)=O)c2)CC1. The molecule has 0 aromatic heterocycles. The Kier molecular flexibility index (Phi) is 3.55. The number of hydrogen-bond donors (Lipinski definition) is 2. The van der Waals surface area contributed by atoms with Gasteiger partial charge in [0.1, 0.15) is 11.2 Å². The first kappa shape index (κ1) is 15.7. The summed E-state index contributed by atoms with van der Waals surface area (Å²) >= 11 is 0. The Morgan fingerprint density at radius 2 is 2.00 bits per heavy atom. The van der Waals surface area contributed by atoms with Crippen LogP contribution in [0.2, 0.25) is 0 Å². The van der Waals surface area contributed by atoms with E-state index in [9.17, 15) is 22.4 Å². The number of anilines is 2. The lowest BCUT2D eigenvalue weighted by Gasteiger charge is -2.19. The predicted octanol–water partition coefficient (Wildman–Crippen LogP) is 1.17. The fraction of sp³-hybridized carbons (Fsp3) is 0.429. The highest BCUT2D eigenvalue weighted by molar-refractivity contribution is 7.93. The molecule has 3 rings (SSSR count). The fourth-order valence-corrected chi connectivity index (χ4v) is 4.17. The second-order valence-electron chi connectivity index (χ2n) is 5.75. The van der Waals surface area contributed by atoms with Crippen LogP contribution < -0.4 is 9.62 Å². The van der Waals surface area contributed by atoms with Gasteiger partial charge in [-0.3, -0.25) is 13.9 Å². The Morgan fingerprint density at radius 1 is 1.30 bits per heavy atom. The number of carboxylic acid groups (broad SMARTS) is 1. The van der Waals surface area contributed by atoms with Crippen LogP contribution in [0.4, 0.5) is 15.8 Å². The van der Waals surface area contributed by atoms with E-state index in [0.717, 1.165) is 10.4 Å². The lowest BCUT2D eigenvalue weighted by atomic mass is 10.1. The van der Waals surface area contributed by atoms with Crippen LogP contribution in [0, 0.1) is 11.2 Å². The lowest BCUT2D eigenvalue weighted by molar-refractivity contribution is -0.147. The molecule has 0 radical (unpaired) electrons. The molecule has 1 heterocycles. The van der Waals surface area contributed by atoms with Crippen LogP contribution in [0.15, 0.2) is 18.2 Å². The fourth-order valence-electron chi connectivity index (χ4n) is 2.61. The maximum Gasteiger partial charge on any atom is 0.319 e. The second-order valence-corrected chi connectivity index (χ2v) is 7.76. The average molecular weight is 342 g/mol. The summed E-state index contributed by atoms with van der Waals surface area (Å²) in [6, 6.07) is 3.55. The van der Waals surface area contributed by atoms with Gasteiger partial charge in [0.15, 0.2) is 0 Å². The summed E-state index contributed by atoms with van der Waals surface area (Å²) in [7, 11) is -3.55. The van der Waals surface area contributed by atoms with Crippen molar-refractivity contribution in [2.24, 2.45) is 5.41 Å². The van der Waals surface area contributed by atoms with Crippen molar-refractivity contribution in [3.05, 3.63) is 24.0 Å². The van der Waals surface area contributed by atoms with Crippen molar-refractivity contribution in [1.82, 2.24) is 0 Å². The van der Waals surface area contributed by atoms with E-state index in [-0.39, 0.29) is 36.5 Å². The quantitative estimate of drug-likeness (QED) is 0.800. The van der Waals surface area contributed by atoms with E-state index >= 15 is 0 Å². The number of aliphatic carboxylic acids is 1. The standard InChI is InChI=1S/C14H15FN2O5S/c15-10-3-2-9(16-12(18)14(4-5-14)13(19)20)8-11(10)17-6-1-7-23(17,21)22/h2-3,8H,1,4-7H2,(H,16,18)(H,19,20). The van der Waals surface area contributed by atoms with Crippen molar-refractivity contribution in [2.45, 2.75) is 19.3 Å². The van der Waals surface area contributed by atoms with Crippen molar-refractivity contribution in [3.63, 3.8) is 0 Å². The first-order valence-corrected chi connectivity index (χ1v) is 8.72. The molecule has 1 saturated carbocycles. The number of sulfonamides is 1. The third kappa shape index (κ3) is 2.65. The summed E-state index contributed by atoms with van der Waals surface area (Å²) in [5.74, 6) is -2.63. The van der Waals surface area contributed by atoms with Crippen LogP contribution in [-0.2, 0) is 19.6 Å². The molecule has 124 valence electrons. The van der Waals surface area contributed by atoms with Crippen LogP contribution in [0.1, 0.15) is 19.3 Å². The van der Waals surface area contributed by atoms with Crippen LogP contribution in [-0.4, -0.2) is 37.7 Å². The minimum atomic E-state index is -3.55. The first-order chi connectivity index (χ1) is 10.8. The van der Waals surface area contributed by atoms with Gasteiger partial charge >= 0.3 is 5.97 Å². The van der Waals surface area contributed by atoms with Gasteiger partial charge < -0.3 is 10.4 Å². The van der Waals surface area contributed by atoms with Crippen LogP contribution >= 0.6 is 0 Å².